The van der Waals surface area contributed by atoms with E-state index in [0.717, 1.165) is 5.56 Å². The Labute approximate surface area is 127 Å². The minimum Gasteiger partial charge on any atom is -0.379 e. The molecule has 1 aromatic heterocycles. The summed E-state index contributed by atoms with van der Waals surface area (Å²) >= 11 is 0. The average molecular weight is 316 g/mol. The Bertz CT molecular complexity index is 857. The van der Waals surface area contributed by atoms with Gasteiger partial charge in [-0.3, -0.25) is 0 Å². The highest BCUT2D eigenvalue weighted by molar-refractivity contribution is 7.87. The van der Waals surface area contributed by atoms with Crippen molar-refractivity contribution in [1.82, 2.24) is 20.6 Å². The monoisotopic (exact) mass is 316 g/mol. The molecule has 112 valence electrons. The Morgan fingerprint density at radius 3 is 2.27 bits per heavy atom. The van der Waals surface area contributed by atoms with E-state index in [1.807, 2.05) is 6.92 Å². The number of aromatic amines is 1. The lowest BCUT2D eigenvalue weighted by atomic mass is 10.2. The molecule has 0 aliphatic heterocycles. The molecule has 0 saturated carbocycles. The van der Waals surface area contributed by atoms with Gasteiger partial charge in [-0.2, -0.15) is 13.6 Å². The highest BCUT2D eigenvalue weighted by atomic mass is 32.2. The number of nitrogens with zero attached hydrogens (tertiary/aromatic N) is 3. The molecule has 0 spiro atoms. The van der Waals surface area contributed by atoms with Crippen LogP contribution < -0.4 is 4.18 Å². The molecule has 0 saturated heterocycles. The largest absolute Gasteiger partial charge is 0.379 e. The van der Waals surface area contributed by atoms with E-state index in [-0.39, 0.29) is 10.6 Å². The maximum atomic E-state index is 12.2. The quantitative estimate of drug-likeness (QED) is 0.739. The van der Waals surface area contributed by atoms with E-state index in [9.17, 15) is 8.42 Å². The molecular formula is C14H12N4O3S. The fourth-order valence-corrected chi connectivity index (χ4v) is 2.75. The summed E-state index contributed by atoms with van der Waals surface area (Å²) in [5.41, 5.74) is 1.68. The molecule has 0 fully saturated rings. The molecule has 7 nitrogen and oxygen atoms in total. The molecule has 0 amide bonds. The second-order valence-corrected chi connectivity index (χ2v) is 6.16. The Kier molecular flexibility index (Phi) is 3.60. The zero-order chi connectivity index (χ0) is 15.6. The van der Waals surface area contributed by atoms with Gasteiger partial charge in [0.15, 0.2) is 0 Å². The molecule has 0 unspecified atom stereocenters. The second-order valence-electron chi connectivity index (χ2n) is 4.61. The van der Waals surface area contributed by atoms with Crippen LogP contribution in [0.1, 0.15) is 5.56 Å². The van der Waals surface area contributed by atoms with E-state index in [2.05, 4.69) is 20.6 Å². The summed E-state index contributed by atoms with van der Waals surface area (Å²) in [5, 5.41) is 13.5. The zero-order valence-electron chi connectivity index (χ0n) is 11.6. The predicted octanol–water partition coefficient (Wildman–Crippen LogP) is 1.94. The van der Waals surface area contributed by atoms with Gasteiger partial charge in [0.2, 0.25) is 5.82 Å². The molecule has 0 bridgehead atoms. The highest BCUT2D eigenvalue weighted by Gasteiger charge is 2.16. The fourth-order valence-electron chi connectivity index (χ4n) is 1.82. The minimum atomic E-state index is -3.85. The summed E-state index contributed by atoms with van der Waals surface area (Å²) < 4.78 is 29.4. The van der Waals surface area contributed by atoms with Crippen LogP contribution in [0.3, 0.4) is 0 Å². The van der Waals surface area contributed by atoms with Crippen molar-refractivity contribution < 1.29 is 12.6 Å². The van der Waals surface area contributed by atoms with Gasteiger partial charge in [-0.05, 0) is 48.5 Å². The number of H-pyrrole nitrogens is 1. The lowest BCUT2D eigenvalue weighted by Gasteiger charge is -2.07. The molecule has 2 aromatic carbocycles. The minimum absolute atomic E-state index is 0.111. The number of benzene rings is 2. The van der Waals surface area contributed by atoms with Crippen LogP contribution in [0.15, 0.2) is 53.4 Å². The maximum Gasteiger partial charge on any atom is 0.339 e. The first-order valence-corrected chi connectivity index (χ1v) is 7.80. The fraction of sp³-hybridized carbons (Fsp3) is 0.0714. The molecule has 22 heavy (non-hydrogen) atoms. The normalized spacial score (nSPS) is 11.3. The van der Waals surface area contributed by atoms with E-state index >= 15 is 0 Å². The number of aromatic nitrogens is 4. The van der Waals surface area contributed by atoms with E-state index in [1.54, 1.807) is 24.3 Å². The molecule has 1 heterocycles. The molecule has 3 rings (SSSR count). The SMILES string of the molecule is Cc1ccc(S(=O)(=O)Oc2ccc(-c3nn[nH]n3)cc2)cc1. The lowest BCUT2D eigenvalue weighted by molar-refractivity contribution is 0.486. The number of tetrazole rings is 1. The number of aryl methyl sites for hydroxylation is 1. The Balaban J connectivity index is 1.82. The van der Waals surface area contributed by atoms with Gasteiger partial charge in [-0.15, -0.1) is 10.2 Å². The van der Waals surface area contributed by atoms with Crippen LogP contribution in [0.5, 0.6) is 5.75 Å². The summed E-state index contributed by atoms with van der Waals surface area (Å²) in [5.74, 6) is 0.640. The number of nitrogens with one attached hydrogen (secondary N) is 1. The van der Waals surface area contributed by atoms with E-state index in [4.69, 9.17) is 4.18 Å². The van der Waals surface area contributed by atoms with Crippen LogP contribution in [0.25, 0.3) is 11.4 Å². The van der Waals surface area contributed by atoms with E-state index in [1.165, 1.54) is 24.3 Å². The van der Waals surface area contributed by atoms with Crippen molar-refractivity contribution >= 4 is 10.1 Å². The predicted molar refractivity (Wildman–Crippen MR) is 78.6 cm³/mol. The molecule has 1 N–H and O–H groups in total. The standard InChI is InChI=1S/C14H12N4O3S/c1-10-2-8-13(9-3-10)22(19,20)21-12-6-4-11(5-7-12)14-15-17-18-16-14/h2-9H,1H3,(H,15,16,17,18). The number of hydrogen-bond donors (Lipinski definition) is 1. The van der Waals surface area contributed by atoms with Crippen molar-refractivity contribution in [2.24, 2.45) is 0 Å². The molecule has 0 aliphatic rings. The molecular weight excluding hydrogens is 304 g/mol. The van der Waals surface area contributed by atoms with Crippen molar-refractivity contribution in [3.05, 3.63) is 54.1 Å². The molecule has 0 radical (unpaired) electrons. The lowest BCUT2D eigenvalue weighted by Crippen LogP contribution is -2.09. The molecule has 0 aliphatic carbocycles. The van der Waals surface area contributed by atoms with Crippen LogP contribution in [0.4, 0.5) is 0 Å². The van der Waals surface area contributed by atoms with Crippen molar-refractivity contribution in [3.8, 4) is 17.1 Å². The smallest absolute Gasteiger partial charge is 0.339 e. The van der Waals surface area contributed by atoms with Gasteiger partial charge in [0.1, 0.15) is 10.6 Å². The van der Waals surface area contributed by atoms with Gasteiger partial charge in [0.05, 0.1) is 0 Å². The summed E-state index contributed by atoms with van der Waals surface area (Å²) in [6, 6.07) is 12.9. The summed E-state index contributed by atoms with van der Waals surface area (Å²) in [4.78, 5) is 0.111. The second kappa shape index (κ2) is 5.57. The molecule has 3 aromatic rings. The number of hydrogen-bond acceptors (Lipinski definition) is 6. The van der Waals surface area contributed by atoms with Crippen LogP contribution in [-0.2, 0) is 10.1 Å². The van der Waals surface area contributed by atoms with Crippen LogP contribution in [-0.4, -0.2) is 29.0 Å². The third-order valence-corrected chi connectivity index (χ3v) is 4.23. The van der Waals surface area contributed by atoms with Crippen molar-refractivity contribution in [3.63, 3.8) is 0 Å². The Morgan fingerprint density at radius 1 is 1.00 bits per heavy atom. The highest BCUT2D eigenvalue weighted by Crippen LogP contribution is 2.22. The van der Waals surface area contributed by atoms with Crippen LogP contribution in [0, 0.1) is 6.92 Å². The van der Waals surface area contributed by atoms with E-state index in [0.29, 0.717) is 11.4 Å². The molecule has 0 atom stereocenters. The van der Waals surface area contributed by atoms with Gasteiger partial charge >= 0.3 is 10.1 Å². The van der Waals surface area contributed by atoms with Gasteiger partial charge in [0.25, 0.3) is 0 Å². The molecule has 8 heteroatoms. The first-order valence-electron chi connectivity index (χ1n) is 6.40. The summed E-state index contributed by atoms with van der Waals surface area (Å²) in [6.07, 6.45) is 0. The Morgan fingerprint density at radius 2 is 1.68 bits per heavy atom. The van der Waals surface area contributed by atoms with Crippen LogP contribution in [0.2, 0.25) is 0 Å². The maximum absolute atomic E-state index is 12.2. The van der Waals surface area contributed by atoms with Crippen molar-refractivity contribution in [1.29, 1.82) is 0 Å². The van der Waals surface area contributed by atoms with Gasteiger partial charge in [-0.25, -0.2) is 0 Å². The first-order chi connectivity index (χ1) is 10.5. The first kappa shape index (κ1) is 14.2. The van der Waals surface area contributed by atoms with E-state index < -0.39 is 10.1 Å². The van der Waals surface area contributed by atoms with Gasteiger partial charge in [-0.1, -0.05) is 17.7 Å². The van der Waals surface area contributed by atoms with Crippen LogP contribution >= 0.6 is 0 Å². The topological polar surface area (TPSA) is 97.8 Å². The van der Waals surface area contributed by atoms with Crippen molar-refractivity contribution in [2.75, 3.05) is 0 Å². The zero-order valence-corrected chi connectivity index (χ0v) is 12.4. The third kappa shape index (κ3) is 2.96. The summed E-state index contributed by atoms with van der Waals surface area (Å²) in [6.45, 7) is 1.88. The summed E-state index contributed by atoms with van der Waals surface area (Å²) in [7, 11) is -3.85. The average Bonchev–Trinajstić information content (AvgIpc) is 3.02. The third-order valence-electron chi connectivity index (χ3n) is 2.97. The Hall–Kier alpha value is -2.74. The van der Waals surface area contributed by atoms with Gasteiger partial charge < -0.3 is 4.18 Å². The van der Waals surface area contributed by atoms with Gasteiger partial charge in [0, 0.05) is 5.56 Å². The van der Waals surface area contributed by atoms with Crippen molar-refractivity contribution in [2.45, 2.75) is 11.8 Å². The number of rotatable bonds is 4.